The van der Waals surface area contributed by atoms with Gasteiger partial charge in [-0.15, -0.1) is 11.8 Å². The molecule has 1 saturated heterocycles. The summed E-state index contributed by atoms with van der Waals surface area (Å²) >= 11 is 3.24. The lowest BCUT2D eigenvalue weighted by Crippen LogP contribution is -2.39. The lowest BCUT2D eigenvalue weighted by Gasteiger charge is -2.40. The van der Waals surface area contributed by atoms with E-state index in [9.17, 15) is 9.59 Å². The number of fused-ring (bicyclic) bond motifs is 6. The van der Waals surface area contributed by atoms with Gasteiger partial charge in [-0.05, 0) is 74.0 Å². The van der Waals surface area contributed by atoms with Crippen LogP contribution in [-0.2, 0) is 11.3 Å². The Morgan fingerprint density at radius 1 is 1.06 bits per heavy atom. The Hall–Kier alpha value is -1.93. The number of thioether (sulfide) groups is 1. The van der Waals surface area contributed by atoms with Gasteiger partial charge in [0.1, 0.15) is 6.54 Å². The van der Waals surface area contributed by atoms with E-state index < -0.39 is 0 Å². The summed E-state index contributed by atoms with van der Waals surface area (Å²) in [6.07, 6.45) is 7.17. The van der Waals surface area contributed by atoms with Crippen LogP contribution in [0, 0.1) is 17.8 Å². The van der Waals surface area contributed by atoms with Crippen molar-refractivity contribution in [2.75, 3.05) is 27.3 Å². The van der Waals surface area contributed by atoms with E-state index in [1.54, 1.807) is 18.8 Å². The number of ether oxygens (including phenoxy) is 2. The molecule has 182 valence electrons. The van der Waals surface area contributed by atoms with Crippen molar-refractivity contribution >= 4 is 29.0 Å². The Kier molecular flexibility index (Phi) is 5.92. The molecule has 1 amide bonds. The second kappa shape index (κ2) is 8.94. The van der Waals surface area contributed by atoms with Crippen LogP contribution in [0.4, 0.5) is 0 Å². The number of benzene rings is 1. The fourth-order valence-corrected chi connectivity index (χ4v) is 10.0. The molecule has 8 heteroatoms. The molecule has 34 heavy (non-hydrogen) atoms. The van der Waals surface area contributed by atoms with E-state index in [4.69, 9.17) is 9.47 Å². The third-order valence-corrected chi connectivity index (χ3v) is 11.3. The van der Waals surface area contributed by atoms with E-state index in [-0.39, 0.29) is 23.2 Å². The monoisotopic (exact) mass is 500 g/mol. The zero-order chi connectivity index (χ0) is 23.4. The number of hydrogen-bond acceptors (Lipinski definition) is 6. The van der Waals surface area contributed by atoms with Crippen LogP contribution in [0.1, 0.15) is 54.9 Å². The van der Waals surface area contributed by atoms with Crippen LogP contribution in [0.15, 0.2) is 28.0 Å². The lowest BCUT2D eigenvalue weighted by atomic mass is 9.75. The van der Waals surface area contributed by atoms with Crippen molar-refractivity contribution in [2.45, 2.75) is 61.3 Å². The number of rotatable bonds is 5. The zero-order valence-corrected chi connectivity index (χ0v) is 21.5. The van der Waals surface area contributed by atoms with Gasteiger partial charge in [0, 0.05) is 29.1 Å². The van der Waals surface area contributed by atoms with E-state index in [2.05, 4.69) is 12.1 Å². The van der Waals surface area contributed by atoms with Crippen molar-refractivity contribution in [3.05, 3.63) is 38.3 Å². The predicted molar refractivity (Wildman–Crippen MR) is 134 cm³/mol. The Morgan fingerprint density at radius 2 is 1.82 bits per heavy atom. The van der Waals surface area contributed by atoms with Crippen LogP contribution in [0.5, 0.6) is 11.5 Å². The smallest absolute Gasteiger partial charge is 0.308 e. The quantitative estimate of drug-likeness (QED) is 0.601. The average molecular weight is 501 g/mol. The molecular weight excluding hydrogens is 468 g/mol. The van der Waals surface area contributed by atoms with Crippen LogP contribution in [0.3, 0.4) is 0 Å². The highest BCUT2D eigenvalue weighted by Gasteiger charge is 2.55. The lowest BCUT2D eigenvalue weighted by molar-refractivity contribution is -0.132. The summed E-state index contributed by atoms with van der Waals surface area (Å²) in [6.45, 7) is 1.80. The number of hydrogen-bond donors (Lipinski definition) is 0. The molecule has 2 saturated carbocycles. The molecule has 2 bridgehead atoms. The first-order valence-electron chi connectivity index (χ1n) is 12.5. The normalized spacial score (nSPS) is 29.6. The second-order valence-electron chi connectivity index (χ2n) is 10.2. The molecule has 3 fully saturated rings. The average Bonchev–Trinajstić information content (AvgIpc) is 3.57. The van der Waals surface area contributed by atoms with Gasteiger partial charge in [-0.3, -0.25) is 14.2 Å². The van der Waals surface area contributed by atoms with E-state index in [0.29, 0.717) is 23.0 Å². The number of amides is 1. The summed E-state index contributed by atoms with van der Waals surface area (Å²) in [4.78, 5) is 29.5. The van der Waals surface area contributed by atoms with Crippen molar-refractivity contribution in [2.24, 2.45) is 17.8 Å². The topological polar surface area (TPSA) is 60.8 Å². The SMILES string of the molecule is COc1ccc([C@@H]2c3sc(=O)n(CC(=O)N4CCCCC4)c3SC3C4CCC(C4)C32)cc1OC. The number of carbonyl (C=O) groups excluding carboxylic acids is 1. The molecule has 3 heterocycles. The fraction of sp³-hybridized carbons (Fsp3) is 0.615. The molecule has 4 aliphatic rings. The largest absolute Gasteiger partial charge is 0.493 e. The van der Waals surface area contributed by atoms with Gasteiger partial charge in [-0.2, -0.15) is 0 Å². The molecule has 0 N–H and O–H groups in total. The van der Waals surface area contributed by atoms with Gasteiger partial charge >= 0.3 is 4.87 Å². The third-order valence-electron chi connectivity index (χ3n) is 8.46. The number of likely N-dealkylation sites (tertiary alicyclic amines) is 1. The summed E-state index contributed by atoms with van der Waals surface area (Å²) in [6, 6.07) is 6.22. The number of aromatic nitrogens is 1. The molecule has 2 aliphatic carbocycles. The summed E-state index contributed by atoms with van der Waals surface area (Å²) in [5.74, 6) is 3.64. The summed E-state index contributed by atoms with van der Waals surface area (Å²) in [5, 5.41) is 1.55. The van der Waals surface area contributed by atoms with Gasteiger partial charge in [0.25, 0.3) is 0 Å². The zero-order valence-electron chi connectivity index (χ0n) is 19.8. The number of methoxy groups -OCH3 is 2. The number of nitrogens with zero attached hydrogens (tertiary/aromatic N) is 2. The molecule has 1 aromatic carbocycles. The maximum absolute atomic E-state index is 13.3. The maximum Gasteiger partial charge on any atom is 0.308 e. The fourth-order valence-electron chi connectivity index (χ4n) is 6.89. The summed E-state index contributed by atoms with van der Waals surface area (Å²) < 4.78 is 12.9. The van der Waals surface area contributed by atoms with Crippen LogP contribution in [-0.4, -0.2) is 47.9 Å². The van der Waals surface area contributed by atoms with Crippen molar-refractivity contribution < 1.29 is 14.3 Å². The van der Waals surface area contributed by atoms with Crippen molar-refractivity contribution in [1.29, 1.82) is 0 Å². The minimum Gasteiger partial charge on any atom is -0.493 e. The van der Waals surface area contributed by atoms with E-state index >= 15 is 0 Å². The Morgan fingerprint density at radius 3 is 2.59 bits per heavy atom. The minimum absolute atomic E-state index is 0.000608. The van der Waals surface area contributed by atoms with Gasteiger partial charge in [0.15, 0.2) is 11.5 Å². The second-order valence-corrected chi connectivity index (χ2v) is 12.3. The molecule has 2 aromatic rings. The number of piperidine rings is 1. The highest BCUT2D eigenvalue weighted by atomic mass is 32.2. The molecule has 0 spiro atoms. The first-order chi connectivity index (χ1) is 16.6. The molecule has 1 aromatic heterocycles. The molecule has 5 atom stereocenters. The molecule has 4 unspecified atom stereocenters. The summed E-state index contributed by atoms with van der Waals surface area (Å²) in [7, 11) is 3.33. The molecule has 6 nitrogen and oxygen atoms in total. The van der Waals surface area contributed by atoms with Crippen LogP contribution < -0.4 is 14.3 Å². The highest BCUT2D eigenvalue weighted by molar-refractivity contribution is 8.00. The first kappa shape index (κ1) is 22.5. The number of thiazole rings is 1. The van der Waals surface area contributed by atoms with E-state index in [1.165, 1.54) is 42.6 Å². The third kappa shape index (κ3) is 3.60. The predicted octanol–water partition coefficient (Wildman–Crippen LogP) is 4.59. The van der Waals surface area contributed by atoms with Crippen LogP contribution in [0.2, 0.25) is 0 Å². The maximum atomic E-state index is 13.3. The van der Waals surface area contributed by atoms with Crippen molar-refractivity contribution in [3.63, 3.8) is 0 Å². The minimum atomic E-state index is 0.000608. The molecular formula is C26H32N2O4S2. The first-order valence-corrected chi connectivity index (χ1v) is 14.2. The van der Waals surface area contributed by atoms with Gasteiger partial charge in [-0.25, -0.2) is 0 Å². The van der Waals surface area contributed by atoms with Crippen LogP contribution in [0.25, 0.3) is 0 Å². The van der Waals surface area contributed by atoms with Gasteiger partial charge in [0.2, 0.25) is 5.91 Å². The van der Waals surface area contributed by atoms with Crippen molar-refractivity contribution in [1.82, 2.24) is 9.47 Å². The molecule has 2 aliphatic heterocycles. The number of carbonyl (C=O) groups is 1. The van der Waals surface area contributed by atoms with Gasteiger partial charge < -0.3 is 14.4 Å². The standard InChI is InChI=1S/C26H32N2O4S2/c1-31-18-9-8-16(13-19(18)32-2)22-21-15-6-7-17(12-15)23(21)33-25-24(22)34-26(30)28(25)14-20(29)27-10-4-3-5-11-27/h8-9,13,15,17,21-23H,3-7,10-12,14H2,1-2H3/t15?,17?,21?,22-,23?/m0/s1. The molecule has 0 radical (unpaired) electrons. The Labute approximate surface area is 208 Å². The highest BCUT2D eigenvalue weighted by Crippen LogP contribution is 2.64. The molecule has 6 rings (SSSR count). The Bertz CT molecular complexity index is 1150. The van der Waals surface area contributed by atoms with Crippen molar-refractivity contribution in [3.8, 4) is 11.5 Å². The summed E-state index contributed by atoms with van der Waals surface area (Å²) in [5.41, 5.74) is 1.19. The van der Waals surface area contributed by atoms with E-state index in [1.807, 2.05) is 22.7 Å². The van der Waals surface area contributed by atoms with E-state index in [0.717, 1.165) is 47.3 Å². The Balaban J connectivity index is 1.41. The van der Waals surface area contributed by atoms with Gasteiger partial charge in [0.05, 0.1) is 19.2 Å². The van der Waals surface area contributed by atoms with Gasteiger partial charge in [-0.1, -0.05) is 17.4 Å². The van der Waals surface area contributed by atoms with Crippen LogP contribution >= 0.6 is 23.1 Å².